The van der Waals surface area contributed by atoms with Gasteiger partial charge in [-0.25, -0.2) is 0 Å². The van der Waals surface area contributed by atoms with Gasteiger partial charge in [0.1, 0.15) is 11.8 Å². The van der Waals surface area contributed by atoms with Crippen LogP contribution in [0.15, 0.2) is 48.5 Å². The zero-order valence-corrected chi connectivity index (χ0v) is 13.3. The first-order valence-corrected chi connectivity index (χ1v) is 7.36. The number of benzene rings is 2. The number of halogens is 1. The highest BCUT2D eigenvalue weighted by molar-refractivity contribution is 6.30. The zero-order valence-electron chi connectivity index (χ0n) is 12.6. The van der Waals surface area contributed by atoms with Gasteiger partial charge in [0.15, 0.2) is 0 Å². The van der Waals surface area contributed by atoms with Gasteiger partial charge in [0.2, 0.25) is 5.91 Å². The molecule has 0 fully saturated rings. The Morgan fingerprint density at radius 3 is 2.52 bits per heavy atom. The highest BCUT2D eigenvalue weighted by Gasteiger charge is 2.19. The first-order chi connectivity index (χ1) is 11.0. The Balaban J connectivity index is 2.10. The number of ether oxygens (including phenoxy) is 1. The van der Waals surface area contributed by atoms with Gasteiger partial charge in [-0.05, 0) is 42.0 Å². The molecule has 6 heteroatoms. The predicted molar refractivity (Wildman–Crippen MR) is 88.6 cm³/mol. The Hall–Kier alpha value is -2.53. The monoisotopic (exact) mass is 332 g/mol. The number of amides is 2. The Bertz CT molecular complexity index is 701. The lowest BCUT2D eigenvalue weighted by Gasteiger charge is -2.16. The first kappa shape index (κ1) is 16.8. The van der Waals surface area contributed by atoms with Crippen LogP contribution in [0.2, 0.25) is 5.02 Å². The molecule has 3 N–H and O–H groups in total. The second kappa shape index (κ2) is 7.65. The van der Waals surface area contributed by atoms with Crippen molar-refractivity contribution in [3.05, 3.63) is 64.7 Å². The van der Waals surface area contributed by atoms with E-state index in [9.17, 15) is 9.59 Å². The fourth-order valence-corrected chi connectivity index (χ4v) is 2.23. The molecule has 0 aromatic heterocycles. The Kier molecular flexibility index (Phi) is 5.60. The van der Waals surface area contributed by atoms with Gasteiger partial charge >= 0.3 is 0 Å². The molecule has 1 atom stereocenters. The van der Waals surface area contributed by atoms with Crippen molar-refractivity contribution in [1.82, 2.24) is 5.32 Å². The number of primary amides is 1. The van der Waals surface area contributed by atoms with E-state index in [1.54, 1.807) is 43.5 Å². The summed E-state index contributed by atoms with van der Waals surface area (Å²) in [7, 11) is 1.56. The van der Waals surface area contributed by atoms with Crippen molar-refractivity contribution >= 4 is 23.4 Å². The zero-order chi connectivity index (χ0) is 16.8. The molecule has 0 aliphatic heterocycles. The molecule has 0 aliphatic carbocycles. The van der Waals surface area contributed by atoms with E-state index in [4.69, 9.17) is 22.1 Å². The van der Waals surface area contributed by atoms with Crippen LogP contribution >= 0.6 is 11.6 Å². The molecular formula is C17H17ClN2O3. The number of rotatable bonds is 6. The van der Waals surface area contributed by atoms with Gasteiger partial charge in [0.05, 0.1) is 7.11 Å². The molecule has 23 heavy (non-hydrogen) atoms. The number of nitrogens with two attached hydrogens (primary N) is 1. The van der Waals surface area contributed by atoms with Gasteiger partial charge < -0.3 is 15.8 Å². The van der Waals surface area contributed by atoms with Crippen LogP contribution < -0.4 is 15.8 Å². The summed E-state index contributed by atoms with van der Waals surface area (Å²) in [6.45, 7) is 0. The quantitative estimate of drug-likeness (QED) is 0.850. The van der Waals surface area contributed by atoms with Crippen molar-refractivity contribution in [1.29, 1.82) is 0 Å². The molecule has 0 unspecified atom stereocenters. The highest BCUT2D eigenvalue weighted by Crippen LogP contribution is 2.14. The summed E-state index contributed by atoms with van der Waals surface area (Å²) in [6, 6.07) is 12.8. The summed E-state index contributed by atoms with van der Waals surface area (Å²) in [5.41, 5.74) is 6.65. The molecule has 0 heterocycles. The summed E-state index contributed by atoms with van der Waals surface area (Å²) in [4.78, 5) is 23.8. The molecule has 5 nitrogen and oxygen atoms in total. The minimum Gasteiger partial charge on any atom is -0.497 e. The van der Waals surface area contributed by atoms with Crippen LogP contribution in [-0.2, 0) is 11.2 Å². The van der Waals surface area contributed by atoms with Gasteiger partial charge in [0.25, 0.3) is 5.91 Å². The van der Waals surface area contributed by atoms with Gasteiger partial charge in [-0.15, -0.1) is 0 Å². The molecule has 2 aromatic carbocycles. The molecule has 0 aliphatic rings. The van der Waals surface area contributed by atoms with E-state index in [1.807, 2.05) is 12.1 Å². The molecule has 2 aromatic rings. The average Bonchev–Trinajstić information content (AvgIpc) is 2.54. The maximum Gasteiger partial charge on any atom is 0.251 e. The highest BCUT2D eigenvalue weighted by atomic mass is 35.5. The Morgan fingerprint density at radius 1 is 1.22 bits per heavy atom. The maximum atomic E-state index is 12.2. The van der Waals surface area contributed by atoms with Crippen LogP contribution in [0.4, 0.5) is 0 Å². The van der Waals surface area contributed by atoms with Crippen molar-refractivity contribution < 1.29 is 14.3 Å². The number of nitrogens with one attached hydrogen (secondary N) is 1. The standard InChI is InChI=1S/C17H17ClN2O3/c1-23-14-4-2-3-11(9-14)10-15(16(19)21)20-17(22)12-5-7-13(18)8-6-12/h2-9,15H,10H2,1H3,(H2,19,21)(H,20,22)/t15-/m0/s1. The number of carbonyl (C=O) groups excluding carboxylic acids is 2. The van der Waals surface area contributed by atoms with Gasteiger partial charge in [0, 0.05) is 17.0 Å². The van der Waals surface area contributed by atoms with Crippen LogP contribution in [0, 0.1) is 0 Å². The largest absolute Gasteiger partial charge is 0.497 e. The van der Waals surface area contributed by atoms with Crippen LogP contribution in [0.1, 0.15) is 15.9 Å². The number of hydrogen-bond donors (Lipinski definition) is 2. The van der Waals surface area contributed by atoms with E-state index in [1.165, 1.54) is 0 Å². The van der Waals surface area contributed by atoms with Crippen molar-refractivity contribution in [3.63, 3.8) is 0 Å². The van der Waals surface area contributed by atoms with Gasteiger partial charge in [-0.1, -0.05) is 23.7 Å². The van der Waals surface area contributed by atoms with Crippen LogP contribution in [-0.4, -0.2) is 25.0 Å². The van der Waals surface area contributed by atoms with Crippen molar-refractivity contribution in [2.75, 3.05) is 7.11 Å². The first-order valence-electron chi connectivity index (χ1n) is 6.98. The number of methoxy groups -OCH3 is 1. The van der Waals surface area contributed by atoms with Crippen LogP contribution in [0.3, 0.4) is 0 Å². The molecular weight excluding hydrogens is 316 g/mol. The molecule has 2 amide bonds. The van der Waals surface area contributed by atoms with E-state index in [0.717, 1.165) is 5.56 Å². The molecule has 0 saturated heterocycles. The molecule has 2 rings (SSSR count). The van der Waals surface area contributed by atoms with E-state index >= 15 is 0 Å². The average molecular weight is 333 g/mol. The Labute approximate surface area is 139 Å². The van der Waals surface area contributed by atoms with E-state index < -0.39 is 11.9 Å². The SMILES string of the molecule is COc1cccc(C[C@H](NC(=O)c2ccc(Cl)cc2)C(N)=O)c1. The minimum atomic E-state index is -0.815. The molecule has 0 radical (unpaired) electrons. The molecule has 0 saturated carbocycles. The van der Waals surface area contributed by atoms with Crippen molar-refractivity contribution in [2.24, 2.45) is 5.73 Å². The van der Waals surface area contributed by atoms with Crippen molar-refractivity contribution in [2.45, 2.75) is 12.5 Å². The number of hydrogen-bond acceptors (Lipinski definition) is 3. The molecule has 0 spiro atoms. The predicted octanol–water partition coefficient (Wildman–Crippen LogP) is 2.17. The fourth-order valence-electron chi connectivity index (χ4n) is 2.10. The second-order valence-electron chi connectivity index (χ2n) is 4.99. The summed E-state index contributed by atoms with van der Waals surface area (Å²) in [6.07, 6.45) is 0.284. The smallest absolute Gasteiger partial charge is 0.251 e. The third kappa shape index (κ3) is 4.72. The minimum absolute atomic E-state index is 0.284. The van der Waals surface area contributed by atoms with Crippen LogP contribution in [0.25, 0.3) is 0 Å². The maximum absolute atomic E-state index is 12.2. The normalized spacial score (nSPS) is 11.6. The topological polar surface area (TPSA) is 81.4 Å². The molecule has 0 bridgehead atoms. The lowest BCUT2D eigenvalue weighted by Crippen LogP contribution is -2.45. The van der Waals surface area contributed by atoms with Gasteiger partial charge in [-0.3, -0.25) is 9.59 Å². The van der Waals surface area contributed by atoms with E-state index in [2.05, 4.69) is 5.32 Å². The third-order valence-corrected chi connectivity index (χ3v) is 3.58. The summed E-state index contributed by atoms with van der Waals surface area (Å²) in [5, 5.41) is 3.17. The number of carbonyl (C=O) groups is 2. The fraction of sp³-hybridized carbons (Fsp3) is 0.176. The van der Waals surface area contributed by atoms with Crippen molar-refractivity contribution in [3.8, 4) is 5.75 Å². The summed E-state index contributed by atoms with van der Waals surface area (Å²) in [5.74, 6) is -0.307. The molecule has 120 valence electrons. The van der Waals surface area contributed by atoms with Crippen LogP contribution in [0.5, 0.6) is 5.75 Å². The summed E-state index contributed by atoms with van der Waals surface area (Å²) >= 11 is 5.79. The van der Waals surface area contributed by atoms with E-state index in [-0.39, 0.29) is 12.3 Å². The second-order valence-corrected chi connectivity index (χ2v) is 5.43. The van der Waals surface area contributed by atoms with E-state index in [0.29, 0.717) is 16.3 Å². The lowest BCUT2D eigenvalue weighted by atomic mass is 10.0. The van der Waals surface area contributed by atoms with Gasteiger partial charge in [-0.2, -0.15) is 0 Å². The lowest BCUT2D eigenvalue weighted by molar-refractivity contribution is -0.119. The third-order valence-electron chi connectivity index (χ3n) is 3.33. The summed E-state index contributed by atoms with van der Waals surface area (Å²) < 4.78 is 5.14. The Morgan fingerprint density at radius 2 is 1.91 bits per heavy atom.